The molecule has 1 aromatic rings. The van der Waals surface area contributed by atoms with Crippen molar-refractivity contribution in [3.63, 3.8) is 0 Å². The number of hydrogen-bond acceptors (Lipinski definition) is 1. The summed E-state index contributed by atoms with van der Waals surface area (Å²) < 4.78 is 0. The molecular weight excluding hydrogens is 150 g/mol. The lowest BCUT2D eigenvalue weighted by Crippen LogP contribution is -2.22. The average Bonchev–Trinajstić information content (AvgIpc) is 2.33. The number of fused-ring (bicyclic) bond motifs is 1. The Bertz CT molecular complexity index is 301. The first-order valence-electron chi connectivity index (χ1n) is 4.08. The lowest BCUT2D eigenvalue weighted by molar-refractivity contribution is -0.118. The summed E-state index contributed by atoms with van der Waals surface area (Å²) in [6.45, 7) is 1.95. The molecule has 0 aromatic heterocycles. The van der Waals surface area contributed by atoms with Crippen LogP contribution in [0.15, 0.2) is 24.3 Å². The van der Waals surface area contributed by atoms with Gasteiger partial charge in [-0.2, -0.15) is 0 Å². The molecule has 0 spiro atoms. The molecule has 1 aliphatic heterocycles. The molecule has 1 amide bonds. The zero-order valence-electron chi connectivity index (χ0n) is 7.24. The molecule has 2 heteroatoms. The molecule has 0 aliphatic carbocycles. The lowest BCUT2D eigenvalue weighted by atomic mass is 10.0. The van der Waals surface area contributed by atoms with E-state index in [4.69, 9.17) is 0 Å². The summed E-state index contributed by atoms with van der Waals surface area (Å²) in [7, 11) is 1.82. The molecular formula is C10H11NO. The summed E-state index contributed by atoms with van der Waals surface area (Å²) in [5, 5.41) is 0. The quantitative estimate of drug-likeness (QED) is 0.567. The molecule has 62 valence electrons. The van der Waals surface area contributed by atoms with Gasteiger partial charge in [-0.15, -0.1) is 0 Å². The second-order valence-electron chi connectivity index (χ2n) is 3.18. The van der Waals surface area contributed by atoms with E-state index in [1.54, 1.807) is 4.90 Å². The fourth-order valence-corrected chi connectivity index (χ4v) is 1.70. The van der Waals surface area contributed by atoms with Crippen LogP contribution < -0.4 is 4.90 Å². The van der Waals surface area contributed by atoms with Gasteiger partial charge in [-0.05, 0) is 18.6 Å². The first-order chi connectivity index (χ1) is 5.72. The normalized spacial score (nSPS) is 21.3. The minimum absolute atomic E-state index is 0.0335. The highest BCUT2D eigenvalue weighted by molar-refractivity contribution is 6.04. The van der Waals surface area contributed by atoms with Crippen molar-refractivity contribution in [2.75, 3.05) is 11.9 Å². The van der Waals surface area contributed by atoms with Crippen LogP contribution in [0.25, 0.3) is 0 Å². The van der Waals surface area contributed by atoms with E-state index >= 15 is 0 Å². The predicted octanol–water partition coefficient (Wildman–Crippen LogP) is 1.77. The zero-order chi connectivity index (χ0) is 8.72. The van der Waals surface area contributed by atoms with Crippen LogP contribution in [0.4, 0.5) is 5.69 Å². The Morgan fingerprint density at radius 1 is 1.33 bits per heavy atom. The number of hydrogen-bond donors (Lipinski definition) is 0. The molecule has 2 nitrogen and oxygen atoms in total. The summed E-state index contributed by atoms with van der Waals surface area (Å²) in [6.07, 6.45) is 0. The smallest absolute Gasteiger partial charge is 0.234 e. The van der Waals surface area contributed by atoms with Gasteiger partial charge < -0.3 is 4.90 Å². The SMILES string of the molecule is C[C@@H]1C(=O)N(C)c2ccccc21. The van der Waals surface area contributed by atoms with Gasteiger partial charge in [0.15, 0.2) is 0 Å². The number of benzene rings is 1. The van der Waals surface area contributed by atoms with E-state index in [1.807, 2.05) is 38.2 Å². The Morgan fingerprint density at radius 2 is 2.00 bits per heavy atom. The average molecular weight is 161 g/mol. The van der Waals surface area contributed by atoms with E-state index in [0.29, 0.717) is 0 Å². The molecule has 0 bridgehead atoms. The number of nitrogens with zero attached hydrogens (tertiary/aromatic N) is 1. The first kappa shape index (κ1) is 7.35. The Morgan fingerprint density at radius 3 is 2.67 bits per heavy atom. The van der Waals surface area contributed by atoms with Gasteiger partial charge in [0, 0.05) is 12.7 Å². The van der Waals surface area contributed by atoms with Gasteiger partial charge in [-0.3, -0.25) is 4.79 Å². The van der Waals surface area contributed by atoms with Crippen LogP contribution >= 0.6 is 0 Å². The van der Waals surface area contributed by atoms with Crippen molar-refractivity contribution in [1.82, 2.24) is 0 Å². The van der Waals surface area contributed by atoms with E-state index in [9.17, 15) is 4.79 Å². The van der Waals surface area contributed by atoms with Crippen molar-refractivity contribution in [2.24, 2.45) is 0 Å². The Kier molecular flexibility index (Phi) is 1.43. The maximum atomic E-state index is 11.5. The maximum Gasteiger partial charge on any atom is 0.234 e. The first-order valence-corrected chi connectivity index (χ1v) is 4.08. The number of rotatable bonds is 0. The lowest BCUT2D eigenvalue weighted by Gasteiger charge is -2.08. The van der Waals surface area contributed by atoms with Crippen LogP contribution in [0.2, 0.25) is 0 Å². The van der Waals surface area contributed by atoms with Gasteiger partial charge in [-0.1, -0.05) is 18.2 Å². The largest absolute Gasteiger partial charge is 0.315 e. The monoisotopic (exact) mass is 161 g/mol. The molecule has 0 unspecified atom stereocenters. The highest BCUT2D eigenvalue weighted by Gasteiger charge is 2.30. The number of amides is 1. The molecule has 0 saturated heterocycles. The summed E-state index contributed by atoms with van der Waals surface area (Å²) in [5.74, 6) is 0.224. The Hall–Kier alpha value is -1.31. The van der Waals surface area contributed by atoms with Gasteiger partial charge in [0.05, 0.1) is 5.92 Å². The van der Waals surface area contributed by atoms with E-state index in [-0.39, 0.29) is 11.8 Å². The summed E-state index contributed by atoms with van der Waals surface area (Å²) in [6, 6.07) is 7.93. The molecule has 0 saturated carbocycles. The third-order valence-corrected chi connectivity index (χ3v) is 2.47. The molecule has 2 rings (SSSR count). The van der Waals surface area contributed by atoms with Gasteiger partial charge in [0.25, 0.3) is 0 Å². The highest BCUT2D eigenvalue weighted by atomic mass is 16.2. The van der Waals surface area contributed by atoms with Crippen molar-refractivity contribution < 1.29 is 4.79 Å². The van der Waals surface area contributed by atoms with Crippen LogP contribution in [0, 0.1) is 0 Å². The Balaban J connectivity index is 2.59. The van der Waals surface area contributed by atoms with Crippen molar-refractivity contribution in [1.29, 1.82) is 0 Å². The molecule has 0 fully saturated rings. The van der Waals surface area contributed by atoms with Gasteiger partial charge in [0.2, 0.25) is 5.91 Å². The van der Waals surface area contributed by atoms with Crippen molar-refractivity contribution in [3.8, 4) is 0 Å². The zero-order valence-corrected chi connectivity index (χ0v) is 7.24. The van der Waals surface area contributed by atoms with Crippen molar-refractivity contribution in [2.45, 2.75) is 12.8 Å². The molecule has 1 aromatic carbocycles. The molecule has 1 heterocycles. The second-order valence-corrected chi connectivity index (χ2v) is 3.18. The predicted molar refractivity (Wildman–Crippen MR) is 48.3 cm³/mol. The minimum Gasteiger partial charge on any atom is -0.315 e. The molecule has 0 radical (unpaired) electrons. The van der Waals surface area contributed by atoms with Crippen LogP contribution in [-0.4, -0.2) is 13.0 Å². The summed E-state index contributed by atoms with van der Waals surface area (Å²) in [4.78, 5) is 13.2. The number of carbonyl (C=O) groups is 1. The van der Waals surface area contributed by atoms with Crippen molar-refractivity contribution >= 4 is 11.6 Å². The third-order valence-electron chi connectivity index (χ3n) is 2.47. The summed E-state index contributed by atoms with van der Waals surface area (Å²) in [5.41, 5.74) is 2.19. The van der Waals surface area contributed by atoms with Crippen LogP contribution in [0.3, 0.4) is 0 Å². The van der Waals surface area contributed by atoms with Gasteiger partial charge in [0.1, 0.15) is 0 Å². The fraction of sp³-hybridized carbons (Fsp3) is 0.300. The minimum atomic E-state index is 0.0335. The maximum absolute atomic E-state index is 11.5. The fourth-order valence-electron chi connectivity index (χ4n) is 1.70. The van der Waals surface area contributed by atoms with Crippen LogP contribution in [-0.2, 0) is 4.79 Å². The number of likely N-dealkylation sites (N-methyl/N-ethyl adjacent to an activating group) is 1. The topological polar surface area (TPSA) is 20.3 Å². The number of para-hydroxylation sites is 1. The number of anilines is 1. The van der Waals surface area contributed by atoms with Gasteiger partial charge >= 0.3 is 0 Å². The molecule has 12 heavy (non-hydrogen) atoms. The van der Waals surface area contributed by atoms with E-state index < -0.39 is 0 Å². The second kappa shape index (κ2) is 2.34. The standard InChI is InChI=1S/C10H11NO/c1-7-8-5-3-4-6-9(8)11(2)10(7)12/h3-7H,1-2H3/t7-/m0/s1. The molecule has 1 atom stereocenters. The van der Waals surface area contributed by atoms with E-state index in [2.05, 4.69) is 0 Å². The van der Waals surface area contributed by atoms with E-state index in [1.165, 1.54) is 0 Å². The number of carbonyl (C=O) groups excluding carboxylic acids is 1. The van der Waals surface area contributed by atoms with Crippen molar-refractivity contribution in [3.05, 3.63) is 29.8 Å². The third kappa shape index (κ3) is 0.779. The Labute approximate surface area is 71.8 Å². The van der Waals surface area contributed by atoms with Gasteiger partial charge in [-0.25, -0.2) is 0 Å². The van der Waals surface area contributed by atoms with E-state index in [0.717, 1.165) is 11.3 Å². The summed E-state index contributed by atoms with van der Waals surface area (Å²) >= 11 is 0. The van der Waals surface area contributed by atoms with Crippen LogP contribution in [0.5, 0.6) is 0 Å². The molecule has 1 aliphatic rings. The van der Waals surface area contributed by atoms with Crippen LogP contribution in [0.1, 0.15) is 18.4 Å². The molecule has 0 N–H and O–H groups in total. The highest BCUT2D eigenvalue weighted by Crippen LogP contribution is 2.35.